The largest absolute Gasteiger partial charge is 0.392 e. The average Bonchev–Trinajstić information content (AvgIpc) is 3.38. The molecule has 0 spiro atoms. The molecule has 2 amide bonds. The Morgan fingerprint density at radius 2 is 1.94 bits per heavy atom. The molecule has 2 saturated carbocycles. The topological polar surface area (TPSA) is 102 Å². The predicted molar refractivity (Wildman–Crippen MR) is 136 cm³/mol. The Morgan fingerprint density at radius 3 is 2.60 bits per heavy atom. The quantitative estimate of drug-likeness (QED) is 0.552. The van der Waals surface area contributed by atoms with Crippen molar-refractivity contribution in [3.8, 4) is 6.07 Å². The number of nitrogens with one attached hydrogen (secondary N) is 2. The van der Waals surface area contributed by atoms with Crippen molar-refractivity contribution >= 4 is 23.2 Å². The molecule has 6 nitrogen and oxygen atoms in total. The first-order valence-corrected chi connectivity index (χ1v) is 13.4. The van der Waals surface area contributed by atoms with Gasteiger partial charge in [-0.15, -0.1) is 11.3 Å². The van der Waals surface area contributed by atoms with Gasteiger partial charge in [-0.3, -0.25) is 9.59 Å². The molecule has 1 aromatic carbocycles. The Labute approximate surface area is 211 Å². The minimum atomic E-state index is -0.596. The summed E-state index contributed by atoms with van der Waals surface area (Å²) in [4.78, 5) is 26.9. The minimum Gasteiger partial charge on any atom is -0.392 e. The lowest BCUT2D eigenvalue weighted by Crippen LogP contribution is -2.58. The second-order valence-electron chi connectivity index (χ2n) is 10.6. The molecule has 0 aliphatic heterocycles. The van der Waals surface area contributed by atoms with E-state index in [2.05, 4.69) is 30.6 Å². The molecule has 3 N–H and O–H groups in total. The van der Waals surface area contributed by atoms with E-state index in [1.807, 2.05) is 24.4 Å². The molecular formula is C28H35N3O3S. The van der Waals surface area contributed by atoms with Gasteiger partial charge in [-0.1, -0.05) is 26.8 Å². The highest BCUT2D eigenvalue weighted by atomic mass is 32.1. The molecular weight excluding hydrogens is 458 g/mol. The van der Waals surface area contributed by atoms with E-state index in [-0.39, 0.29) is 46.9 Å². The first kappa shape index (κ1) is 25.4. The van der Waals surface area contributed by atoms with Crippen LogP contribution in [-0.4, -0.2) is 29.1 Å². The summed E-state index contributed by atoms with van der Waals surface area (Å²) < 4.78 is 0. The van der Waals surface area contributed by atoms with Crippen LogP contribution >= 0.6 is 11.3 Å². The predicted octanol–water partition coefficient (Wildman–Crippen LogP) is 4.49. The summed E-state index contributed by atoms with van der Waals surface area (Å²) in [6.07, 6.45) is 3.01. The summed E-state index contributed by atoms with van der Waals surface area (Å²) in [7, 11) is 0. The van der Waals surface area contributed by atoms with Gasteiger partial charge in [-0.2, -0.15) is 5.26 Å². The van der Waals surface area contributed by atoms with Crippen LogP contribution in [0.15, 0.2) is 41.8 Å². The number of amides is 2. The number of rotatable bonds is 6. The zero-order chi connectivity index (χ0) is 25.2. The lowest BCUT2D eigenvalue weighted by atomic mass is 9.51. The zero-order valence-electron chi connectivity index (χ0n) is 20.7. The summed E-state index contributed by atoms with van der Waals surface area (Å²) in [5.74, 6) is -0.468. The molecule has 0 bridgehead atoms. The molecule has 7 heteroatoms. The molecule has 35 heavy (non-hydrogen) atoms. The third kappa shape index (κ3) is 5.29. The van der Waals surface area contributed by atoms with Gasteiger partial charge >= 0.3 is 0 Å². The Balaban J connectivity index is 1.42. The molecule has 2 fully saturated rings. The highest BCUT2D eigenvalue weighted by Crippen LogP contribution is 2.55. The lowest BCUT2D eigenvalue weighted by molar-refractivity contribution is -0.142. The zero-order valence-corrected chi connectivity index (χ0v) is 21.5. The van der Waals surface area contributed by atoms with Crippen LogP contribution in [0.4, 0.5) is 0 Å². The van der Waals surface area contributed by atoms with E-state index < -0.39 is 6.10 Å². The number of nitriles is 1. The van der Waals surface area contributed by atoms with Gasteiger partial charge in [0.15, 0.2) is 0 Å². The van der Waals surface area contributed by atoms with Crippen LogP contribution in [0.3, 0.4) is 0 Å². The van der Waals surface area contributed by atoms with Crippen molar-refractivity contribution in [2.24, 2.45) is 29.1 Å². The van der Waals surface area contributed by atoms with Crippen LogP contribution in [0.2, 0.25) is 0 Å². The standard InChI is InChI=1S/C28H35N3O3S/c1-17(26(33)30-16-21-5-4-14-35-21)22-10-12-28(3)13-11-23(18(2)24(28)25(22)32)31-27(34)20-8-6-19(15-29)7-9-20/h4-9,14,17-18,22-25,32H,10-13,16H2,1-3H3,(H,30,33)(H,31,34)/t17-,18-,22+,23-,24+,25-,28+/m0/s1. The maximum absolute atomic E-state index is 12.9. The number of nitrogens with zero attached hydrogens (tertiary/aromatic N) is 1. The number of carbonyl (C=O) groups is 2. The fraction of sp³-hybridized carbons (Fsp3) is 0.536. The van der Waals surface area contributed by atoms with Gasteiger partial charge in [0.05, 0.1) is 24.3 Å². The third-order valence-corrected chi connectivity index (χ3v) is 9.43. The molecule has 1 aromatic heterocycles. The van der Waals surface area contributed by atoms with Crippen molar-refractivity contribution in [2.75, 3.05) is 0 Å². The van der Waals surface area contributed by atoms with Crippen LogP contribution in [0, 0.1) is 40.4 Å². The van der Waals surface area contributed by atoms with Crippen molar-refractivity contribution in [3.63, 3.8) is 0 Å². The van der Waals surface area contributed by atoms with Gasteiger partial charge < -0.3 is 15.7 Å². The van der Waals surface area contributed by atoms with Gasteiger partial charge in [0.1, 0.15) is 0 Å². The number of aliphatic hydroxyl groups is 1. The van der Waals surface area contributed by atoms with E-state index in [1.54, 1.807) is 35.6 Å². The van der Waals surface area contributed by atoms with E-state index in [0.717, 1.165) is 30.6 Å². The molecule has 0 unspecified atom stereocenters. The van der Waals surface area contributed by atoms with Crippen molar-refractivity contribution in [1.29, 1.82) is 5.26 Å². The number of hydrogen-bond acceptors (Lipinski definition) is 5. The first-order valence-electron chi connectivity index (χ1n) is 12.5. The molecule has 0 saturated heterocycles. The molecule has 7 atom stereocenters. The average molecular weight is 494 g/mol. The minimum absolute atomic E-state index is 0.00182. The van der Waals surface area contributed by atoms with Gasteiger partial charge in [0.2, 0.25) is 5.91 Å². The summed E-state index contributed by atoms with van der Waals surface area (Å²) in [6, 6.07) is 12.6. The van der Waals surface area contributed by atoms with E-state index >= 15 is 0 Å². The SMILES string of the molecule is C[C@@H]1[C@@H]2[C@@H](O)[C@@H]([C@H](C)C(=O)NCc3cccs3)CC[C@]2(C)CC[C@@H]1NC(=O)c1ccc(C#N)cc1. The van der Waals surface area contributed by atoms with E-state index in [0.29, 0.717) is 17.7 Å². The third-order valence-electron chi connectivity index (χ3n) is 8.55. The van der Waals surface area contributed by atoms with Gasteiger partial charge in [0.25, 0.3) is 5.91 Å². The summed E-state index contributed by atoms with van der Waals surface area (Å²) >= 11 is 1.62. The monoisotopic (exact) mass is 493 g/mol. The van der Waals surface area contributed by atoms with Crippen LogP contribution in [0.1, 0.15) is 67.3 Å². The van der Waals surface area contributed by atoms with Crippen LogP contribution in [-0.2, 0) is 11.3 Å². The number of carbonyl (C=O) groups excluding carboxylic acids is 2. The molecule has 2 aliphatic rings. The summed E-state index contributed by atoms with van der Waals surface area (Å²) in [6.45, 7) is 6.83. The molecule has 186 valence electrons. The number of aliphatic hydroxyl groups excluding tert-OH is 1. The smallest absolute Gasteiger partial charge is 0.251 e. The van der Waals surface area contributed by atoms with E-state index in [1.165, 1.54) is 0 Å². The highest BCUT2D eigenvalue weighted by Gasteiger charge is 2.53. The molecule has 1 heterocycles. The summed E-state index contributed by atoms with van der Waals surface area (Å²) in [5.41, 5.74) is 1.05. The number of hydrogen-bond donors (Lipinski definition) is 3. The maximum Gasteiger partial charge on any atom is 0.251 e. The second kappa shape index (κ2) is 10.5. The van der Waals surface area contributed by atoms with Crippen molar-refractivity contribution < 1.29 is 14.7 Å². The Bertz CT molecular complexity index is 1080. The van der Waals surface area contributed by atoms with Crippen molar-refractivity contribution in [2.45, 2.75) is 65.1 Å². The number of fused-ring (bicyclic) bond motifs is 1. The molecule has 2 aromatic rings. The van der Waals surface area contributed by atoms with E-state index in [9.17, 15) is 14.7 Å². The number of benzene rings is 1. The Kier molecular flexibility index (Phi) is 7.63. The molecule has 4 rings (SSSR count). The van der Waals surface area contributed by atoms with Crippen molar-refractivity contribution in [3.05, 3.63) is 57.8 Å². The van der Waals surface area contributed by atoms with Crippen molar-refractivity contribution in [1.82, 2.24) is 10.6 Å². The Morgan fingerprint density at radius 1 is 1.23 bits per heavy atom. The normalized spacial score (nSPS) is 31.0. The van der Waals surface area contributed by atoms with Crippen LogP contribution in [0.5, 0.6) is 0 Å². The van der Waals surface area contributed by atoms with E-state index in [4.69, 9.17) is 5.26 Å². The fourth-order valence-electron chi connectivity index (χ4n) is 6.39. The Hall–Kier alpha value is -2.69. The van der Waals surface area contributed by atoms with Gasteiger partial charge in [-0.05, 0) is 84.6 Å². The first-order chi connectivity index (χ1) is 16.7. The van der Waals surface area contributed by atoms with Crippen LogP contribution < -0.4 is 10.6 Å². The maximum atomic E-state index is 12.9. The van der Waals surface area contributed by atoms with Crippen LogP contribution in [0.25, 0.3) is 0 Å². The van der Waals surface area contributed by atoms with Gasteiger partial charge in [0, 0.05) is 22.4 Å². The molecule has 2 aliphatic carbocycles. The van der Waals surface area contributed by atoms with Gasteiger partial charge in [-0.25, -0.2) is 0 Å². The second-order valence-corrected chi connectivity index (χ2v) is 11.7. The molecule has 0 radical (unpaired) electrons. The highest BCUT2D eigenvalue weighted by molar-refractivity contribution is 7.09. The lowest BCUT2D eigenvalue weighted by Gasteiger charge is -2.56. The fourth-order valence-corrected chi connectivity index (χ4v) is 7.03. The number of thiophene rings is 1. The summed E-state index contributed by atoms with van der Waals surface area (Å²) in [5, 5.41) is 28.8.